The van der Waals surface area contributed by atoms with Gasteiger partial charge in [0.2, 0.25) is 0 Å². The van der Waals surface area contributed by atoms with Crippen LogP contribution in [-0.4, -0.2) is 11.0 Å². The standard InChI is InChI=1S/C22H24OP/c1-2-12-22(23)24(19-13-6-3-7-14-19,20-15-8-4-9-16-20)21-17-10-5-11-18-21/h3-11,13-18,22-23H,2,12H2,1H3/q+1. The Morgan fingerprint density at radius 3 is 1.29 bits per heavy atom. The van der Waals surface area contributed by atoms with Gasteiger partial charge >= 0.3 is 0 Å². The maximum atomic E-state index is 11.4. The molecule has 1 N–H and O–H groups in total. The van der Waals surface area contributed by atoms with Crippen LogP contribution in [0.15, 0.2) is 91.0 Å². The Morgan fingerprint density at radius 1 is 0.667 bits per heavy atom. The highest BCUT2D eigenvalue weighted by molar-refractivity contribution is 7.96. The van der Waals surface area contributed by atoms with Gasteiger partial charge in [0.05, 0.1) is 0 Å². The van der Waals surface area contributed by atoms with Crippen molar-refractivity contribution < 1.29 is 5.11 Å². The van der Waals surface area contributed by atoms with Gasteiger partial charge in [0, 0.05) is 6.42 Å². The number of rotatable bonds is 6. The molecule has 0 heterocycles. The molecule has 1 atom stereocenters. The van der Waals surface area contributed by atoms with Crippen LogP contribution in [0.1, 0.15) is 19.8 Å². The van der Waals surface area contributed by atoms with Crippen LogP contribution >= 0.6 is 7.26 Å². The number of hydrogen-bond donors (Lipinski definition) is 1. The van der Waals surface area contributed by atoms with Gasteiger partial charge in [-0.25, -0.2) is 0 Å². The topological polar surface area (TPSA) is 20.2 Å². The minimum atomic E-state index is -2.11. The monoisotopic (exact) mass is 335 g/mol. The van der Waals surface area contributed by atoms with E-state index in [0.717, 1.165) is 12.8 Å². The largest absolute Gasteiger partial charge is 0.358 e. The summed E-state index contributed by atoms with van der Waals surface area (Å²) in [7, 11) is -2.11. The molecule has 1 nitrogen and oxygen atoms in total. The summed E-state index contributed by atoms with van der Waals surface area (Å²) in [6.07, 6.45) is 1.77. The minimum Gasteiger partial charge on any atom is -0.358 e. The van der Waals surface area contributed by atoms with E-state index in [1.807, 2.05) is 18.2 Å². The summed E-state index contributed by atoms with van der Waals surface area (Å²) in [5.74, 6) is -0.380. The van der Waals surface area contributed by atoms with Crippen LogP contribution in [0.2, 0.25) is 0 Å². The van der Waals surface area contributed by atoms with Crippen LogP contribution in [0.4, 0.5) is 0 Å². The summed E-state index contributed by atoms with van der Waals surface area (Å²) in [4.78, 5) is 0. The van der Waals surface area contributed by atoms with Gasteiger partial charge in [0.1, 0.15) is 23.2 Å². The Bertz CT molecular complexity index is 644. The molecular formula is C22H24OP+. The average Bonchev–Trinajstić information content (AvgIpc) is 2.65. The lowest BCUT2D eigenvalue weighted by Gasteiger charge is -2.31. The first-order valence-electron chi connectivity index (χ1n) is 8.53. The smallest absolute Gasteiger partial charge is 0.178 e. The second-order valence-corrected chi connectivity index (χ2v) is 9.59. The van der Waals surface area contributed by atoms with Crippen molar-refractivity contribution in [2.75, 3.05) is 0 Å². The number of aliphatic hydroxyl groups is 1. The molecule has 0 saturated heterocycles. The lowest BCUT2D eigenvalue weighted by Crippen LogP contribution is -2.38. The molecule has 2 heteroatoms. The van der Waals surface area contributed by atoms with Crippen molar-refractivity contribution in [2.24, 2.45) is 0 Å². The third-order valence-electron chi connectivity index (χ3n) is 4.48. The van der Waals surface area contributed by atoms with Crippen molar-refractivity contribution in [3.05, 3.63) is 91.0 Å². The Kier molecular flexibility index (Phi) is 5.45. The third kappa shape index (κ3) is 3.02. The molecule has 0 spiro atoms. The lowest BCUT2D eigenvalue weighted by atomic mass is 10.3. The second kappa shape index (κ2) is 7.75. The van der Waals surface area contributed by atoms with E-state index in [0.29, 0.717) is 0 Å². The summed E-state index contributed by atoms with van der Waals surface area (Å²) < 4.78 is 0. The third-order valence-corrected chi connectivity index (χ3v) is 8.97. The Hall–Kier alpha value is -1.95. The van der Waals surface area contributed by atoms with E-state index in [1.165, 1.54) is 15.9 Å². The molecule has 0 bridgehead atoms. The Morgan fingerprint density at radius 2 is 1.00 bits per heavy atom. The van der Waals surface area contributed by atoms with Crippen molar-refractivity contribution in [1.29, 1.82) is 0 Å². The van der Waals surface area contributed by atoms with Gasteiger partial charge in [-0.15, -0.1) is 0 Å². The molecule has 3 aromatic carbocycles. The molecule has 0 radical (unpaired) electrons. The SMILES string of the molecule is CCCC(O)[P+](c1ccccc1)(c1ccccc1)c1ccccc1. The van der Waals surface area contributed by atoms with E-state index < -0.39 is 7.26 Å². The van der Waals surface area contributed by atoms with Gasteiger partial charge in [-0.3, -0.25) is 0 Å². The zero-order valence-electron chi connectivity index (χ0n) is 14.0. The van der Waals surface area contributed by atoms with E-state index in [4.69, 9.17) is 0 Å². The summed E-state index contributed by atoms with van der Waals surface area (Å²) >= 11 is 0. The minimum absolute atomic E-state index is 0.380. The fourth-order valence-electron chi connectivity index (χ4n) is 3.40. The summed E-state index contributed by atoms with van der Waals surface area (Å²) in [5.41, 5.74) is 0. The number of benzene rings is 3. The molecule has 24 heavy (non-hydrogen) atoms. The van der Waals surface area contributed by atoms with Crippen LogP contribution in [0, 0.1) is 0 Å². The van der Waals surface area contributed by atoms with E-state index in [2.05, 4.69) is 79.7 Å². The molecule has 1 unspecified atom stereocenters. The van der Waals surface area contributed by atoms with E-state index in [1.54, 1.807) is 0 Å². The fourth-order valence-corrected chi connectivity index (χ4v) is 7.90. The zero-order chi connectivity index (χ0) is 16.8. The molecule has 0 aromatic heterocycles. The first-order chi connectivity index (χ1) is 11.8. The van der Waals surface area contributed by atoms with Crippen molar-refractivity contribution >= 4 is 23.2 Å². The molecule has 0 amide bonds. The second-order valence-electron chi connectivity index (χ2n) is 6.00. The lowest BCUT2D eigenvalue weighted by molar-refractivity contribution is 0.245. The number of hydrogen-bond acceptors (Lipinski definition) is 1. The first kappa shape index (κ1) is 16.9. The first-order valence-corrected chi connectivity index (χ1v) is 10.4. The van der Waals surface area contributed by atoms with Crippen LogP contribution in [0.25, 0.3) is 0 Å². The quantitative estimate of drug-likeness (QED) is 0.673. The van der Waals surface area contributed by atoms with Crippen LogP contribution < -0.4 is 15.9 Å². The normalized spacial score (nSPS) is 12.8. The van der Waals surface area contributed by atoms with Gasteiger partial charge in [0.25, 0.3) is 0 Å². The highest BCUT2D eigenvalue weighted by Gasteiger charge is 2.51. The van der Waals surface area contributed by atoms with Gasteiger partial charge in [-0.05, 0) is 42.8 Å². The average molecular weight is 335 g/mol. The molecular weight excluding hydrogens is 311 g/mol. The Labute approximate surface area is 145 Å². The maximum absolute atomic E-state index is 11.4. The fraction of sp³-hybridized carbons (Fsp3) is 0.182. The molecule has 122 valence electrons. The molecule has 0 aliphatic rings. The van der Waals surface area contributed by atoms with Crippen molar-refractivity contribution in [1.82, 2.24) is 0 Å². The van der Waals surface area contributed by atoms with Crippen LogP contribution in [0.5, 0.6) is 0 Å². The van der Waals surface area contributed by atoms with E-state index in [9.17, 15) is 5.11 Å². The van der Waals surface area contributed by atoms with Crippen LogP contribution in [0.3, 0.4) is 0 Å². The van der Waals surface area contributed by atoms with Crippen molar-refractivity contribution in [3.63, 3.8) is 0 Å². The van der Waals surface area contributed by atoms with Crippen molar-refractivity contribution in [2.45, 2.75) is 25.6 Å². The predicted molar refractivity (Wildman–Crippen MR) is 106 cm³/mol. The molecule has 0 fully saturated rings. The summed E-state index contributed by atoms with van der Waals surface area (Å²) in [6.45, 7) is 2.14. The zero-order valence-corrected chi connectivity index (χ0v) is 14.9. The summed E-state index contributed by atoms with van der Waals surface area (Å²) in [5, 5.41) is 15.1. The highest BCUT2D eigenvalue weighted by Crippen LogP contribution is 2.59. The van der Waals surface area contributed by atoms with Gasteiger partial charge in [0.15, 0.2) is 5.85 Å². The highest BCUT2D eigenvalue weighted by atomic mass is 31.2. The molecule has 0 aliphatic heterocycles. The molecule has 3 rings (SSSR count). The van der Waals surface area contributed by atoms with Crippen LogP contribution in [-0.2, 0) is 0 Å². The molecule has 0 aliphatic carbocycles. The Balaban J connectivity index is 2.33. The van der Waals surface area contributed by atoms with E-state index in [-0.39, 0.29) is 5.85 Å². The van der Waals surface area contributed by atoms with Gasteiger partial charge in [-0.2, -0.15) is 0 Å². The van der Waals surface area contributed by atoms with Gasteiger partial charge in [-0.1, -0.05) is 61.5 Å². The number of aliphatic hydroxyl groups excluding tert-OH is 1. The van der Waals surface area contributed by atoms with Gasteiger partial charge < -0.3 is 5.11 Å². The molecule has 0 saturated carbocycles. The predicted octanol–water partition coefficient (Wildman–Crippen LogP) is 4.10. The van der Waals surface area contributed by atoms with Crippen molar-refractivity contribution in [3.8, 4) is 0 Å². The molecule has 3 aromatic rings. The summed E-state index contributed by atoms with van der Waals surface area (Å²) in [6, 6.07) is 31.6. The maximum Gasteiger partial charge on any atom is 0.178 e. The van der Waals surface area contributed by atoms with E-state index >= 15 is 0 Å².